The van der Waals surface area contributed by atoms with Crippen molar-refractivity contribution in [3.63, 3.8) is 0 Å². The van der Waals surface area contributed by atoms with Gasteiger partial charge in [0.05, 0.1) is 0 Å². The van der Waals surface area contributed by atoms with Gasteiger partial charge in [-0.25, -0.2) is 9.59 Å². The topological polar surface area (TPSA) is 122 Å². The van der Waals surface area contributed by atoms with Crippen LogP contribution in [0, 0.1) is 5.92 Å². The molecule has 0 aromatic heterocycles. The van der Waals surface area contributed by atoms with Gasteiger partial charge in [-0.2, -0.15) is 0 Å². The molecule has 21 heavy (non-hydrogen) atoms. The molecule has 0 aromatic carbocycles. The van der Waals surface area contributed by atoms with Crippen LogP contribution in [0.25, 0.3) is 0 Å². The van der Waals surface area contributed by atoms with Crippen molar-refractivity contribution in [2.75, 3.05) is 0 Å². The highest BCUT2D eigenvalue weighted by atomic mass is 16.4. The fourth-order valence-corrected chi connectivity index (χ4v) is 2.68. The second kappa shape index (κ2) is 6.32. The zero-order valence-corrected chi connectivity index (χ0v) is 12.9. The Hall–Kier alpha value is -1.79. The minimum atomic E-state index is -1.22. The number of primary amides is 1. The van der Waals surface area contributed by atoms with Crippen LogP contribution in [0.4, 0.5) is 4.79 Å². The molecule has 1 saturated carbocycles. The Balaban J connectivity index is 2.70. The van der Waals surface area contributed by atoms with Gasteiger partial charge in [0.15, 0.2) is 0 Å². The summed E-state index contributed by atoms with van der Waals surface area (Å²) in [6.07, 6.45) is 2.33. The van der Waals surface area contributed by atoms with E-state index in [-0.39, 0.29) is 6.42 Å². The maximum Gasteiger partial charge on any atom is 0.329 e. The number of aliphatic carboxylic acids is 1. The summed E-state index contributed by atoms with van der Waals surface area (Å²) in [7, 11) is 0. The van der Waals surface area contributed by atoms with Gasteiger partial charge in [0.2, 0.25) is 5.91 Å². The maximum absolute atomic E-state index is 12.1. The number of hydrogen-bond acceptors (Lipinski definition) is 3. The molecule has 1 aliphatic carbocycles. The number of hydrogen-bond donors (Lipinski definition) is 4. The summed E-state index contributed by atoms with van der Waals surface area (Å²) in [4.78, 5) is 34.6. The lowest BCUT2D eigenvalue weighted by Crippen LogP contribution is -2.61. The molecule has 0 radical (unpaired) electrons. The molecule has 1 aliphatic rings. The first-order valence-corrected chi connectivity index (χ1v) is 7.18. The van der Waals surface area contributed by atoms with E-state index < -0.39 is 29.0 Å². The van der Waals surface area contributed by atoms with E-state index in [2.05, 4.69) is 17.6 Å². The third-order valence-corrected chi connectivity index (χ3v) is 3.96. The average molecular weight is 299 g/mol. The lowest BCUT2D eigenvalue weighted by molar-refractivity contribution is -0.146. The number of rotatable bonds is 5. The minimum Gasteiger partial charge on any atom is -0.480 e. The van der Waals surface area contributed by atoms with Crippen LogP contribution in [0.2, 0.25) is 0 Å². The minimum absolute atomic E-state index is 0.0163. The first-order valence-electron chi connectivity index (χ1n) is 7.18. The Morgan fingerprint density at radius 2 is 1.81 bits per heavy atom. The number of nitrogens with two attached hydrogens (primary N) is 1. The van der Waals surface area contributed by atoms with Gasteiger partial charge in [0.1, 0.15) is 5.54 Å². The van der Waals surface area contributed by atoms with E-state index in [1.54, 1.807) is 13.8 Å². The van der Waals surface area contributed by atoms with Gasteiger partial charge in [-0.15, -0.1) is 0 Å². The monoisotopic (exact) mass is 299 g/mol. The number of nitrogens with one attached hydrogen (secondary N) is 2. The molecular weight excluding hydrogens is 274 g/mol. The fraction of sp³-hybridized carbons (Fsp3) is 0.786. The molecule has 0 unspecified atom stereocenters. The Labute approximate surface area is 124 Å². The Bertz CT molecular complexity index is 426. The first kappa shape index (κ1) is 17.3. The molecular formula is C14H25N3O4. The van der Waals surface area contributed by atoms with E-state index >= 15 is 0 Å². The zero-order valence-electron chi connectivity index (χ0n) is 12.9. The van der Waals surface area contributed by atoms with Crippen LogP contribution in [-0.4, -0.2) is 34.1 Å². The molecule has 0 spiro atoms. The zero-order chi connectivity index (χ0) is 16.3. The van der Waals surface area contributed by atoms with Crippen molar-refractivity contribution in [3.8, 4) is 0 Å². The molecule has 1 fully saturated rings. The number of carbonyl (C=O) groups is 3. The Morgan fingerprint density at radius 3 is 2.24 bits per heavy atom. The van der Waals surface area contributed by atoms with Gasteiger partial charge in [-0.3, -0.25) is 4.79 Å². The SMILES string of the molecule is CC1CCC(NC(=O)NC(C)(C)CC(N)=O)(C(=O)O)CC1. The van der Waals surface area contributed by atoms with E-state index in [0.29, 0.717) is 18.8 Å². The molecule has 7 nitrogen and oxygen atoms in total. The Morgan fingerprint density at radius 1 is 1.29 bits per heavy atom. The van der Waals surface area contributed by atoms with Gasteiger partial charge in [-0.05, 0) is 45.4 Å². The third-order valence-electron chi connectivity index (χ3n) is 3.96. The van der Waals surface area contributed by atoms with Crippen LogP contribution in [0.15, 0.2) is 0 Å². The molecule has 0 bridgehead atoms. The van der Waals surface area contributed by atoms with Gasteiger partial charge in [0.25, 0.3) is 0 Å². The summed E-state index contributed by atoms with van der Waals surface area (Å²) in [6.45, 7) is 5.39. The van der Waals surface area contributed by atoms with Gasteiger partial charge in [-0.1, -0.05) is 6.92 Å². The summed E-state index contributed by atoms with van der Waals surface area (Å²) in [6, 6.07) is -0.585. The molecule has 0 atom stereocenters. The van der Waals surface area contributed by atoms with Crippen LogP contribution in [-0.2, 0) is 9.59 Å². The molecule has 0 saturated heterocycles. The number of carbonyl (C=O) groups excluding carboxylic acids is 2. The second-order valence-corrected chi connectivity index (χ2v) is 6.68. The third kappa shape index (κ3) is 4.91. The van der Waals surface area contributed by atoms with Crippen LogP contribution in [0.5, 0.6) is 0 Å². The summed E-state index contributed by atoms with van der Waals surface area (Å²) in [5, 5.41) is 14.6. The Kier molecular flexibility index (Phi) is 5.20. The lowest BCUT2D eigenvalue weighted by Gasteiger charge is -2.37. The normalized spacial score (nSPS) is 26.0. The van der Waals surface area contributed by atoms with Crippen LogP contribution in [0.1, 0.15) is 52.9 Å². The number of urea groups is 1. The first-order chi connectivity index (χ1) is 9.56. The lowest BCUT2D eigenvalue weighted by atomic mass is 9.77. The molecule has 7 heteroatoms. The molecule has 0 heterocycles. The van der Waals surface area contributed by atoms with Gasteiger partial charge < -0.3 is 21.5 Å². The molecule has 1 rings (SSSR count). The predicted octanol–water partition coefficient (Wildman–Crippen LogP) is 0.973. The van der Waals surface area contributed by atoms with E-state index in [4.69, 9.17) is 5.73 Å². The van der Waals surface area contributed by atoms with Crippen molar-refractivity contribution < 1.29 is 19.5 Å². The highest BCUT2D eigenvalue weighted by molar-refractivity contribution is 5.87. The molecule has 120 valence electrons. The molecule has 0 aromatic rings. The number of amides is 3. The van der Waals surface area contributed by atoms with Crippen LogP contribution < -0.4 is 16.4 Å². The highest BCUT2D eigenvalue weighted by Gasteiger charge is 2.43. The quantitative estimate of drug-likeness (QED) is 0.604. The summed E-state index contributed by atoms with van der Waals surface area (Å²) in [5.41, 5.74) is 3.08. The van der Waals surface area contributed by atoms with Crippen molar-refractivity contribution in [2.45, 2.75) is 64.0 Å². The summed E-state index contributed by atoms with van der Waals surface area (Å²) in [5.74, 6) is -1.08. The van der Waals surface area contributed by atoms with Crippen molar-refractivity contribution in [1.82, 2.24) is 10.6 Å². The number of carboxylic acids is 1. The van der Waals surface area contributed by atoms with Crippen molar-refractivity contribution in [2.24, 2.45) is 11.7 Å². The van der Waals surface area contributed by atoms with E-state index in [1.807, 2.05) is 0 Å². The predicted molar refractivity (Wildman–Crippen MR) is 77.6 cm³/mol. The average Bonchev–Trinajstić information content (AvgIpc) is 2.29. The van der Waals surface area contributed by atoms with Gasteiger partial charge >= 0.3 is 12.0 Å². The van der Waals surface area contributed by atoms with Crippen molar-refractivity contribution >= 4 is 17.9 Å². The van der Waals surface area contributed by atoms with Crippen molar-refractivity contribution in [1.29, 1.82) is 0 Å². The summed E-state index contributed by atoms with van der Waals surface area (Å²) >= 11 is 0. The smallest absolute Gasteiger partial charge is 0.329 e. The standard InChI is InChI=1S/C14H25N3O4/c1-9-4-6-14(7-5-9,11(19)20)17-12(21)16-13(2,3)8-10(15)18/h9H,4-8H2,1-3H3,(H2,15,18)(H,19,20)(H2,16,17,21). The van der Waals surface area contributed by atoms with Crippen LogP contribution in [0.3, 0.4) is 0 Å². The van der Waals surface area contributed by atoms with E-state index in [9.17, 15) is 19.5 Å². The van der Waals surface area contributed by atoms with Gasteiger partial charge in [0, 0.05) is 12.0 Å². The second-order valence-electron chi connectivity index (χ2n) is 6.68. The number of carboxylic acid groups (broad SMARTS) is 1. The fourth-order valence-electron chi connectivity index (χ4n) is 2.68. The van der Waals surface area contributed by atoms with Crippen LogP contribution >= 0.6 is 0 Å². The van der Waals surface area contributed by atoms with Crippen molar-refractivity contribution in [3.05, 3.63) is 0 Å². The van der Waals surface area contributed by atoms with E-state index in [1.165, 1.54) is 0 Å². The molecule has 5 N–H and O–H groups in total. The maximum atomic E-state index is 12.1. The highest BCUT2D eigenvalue weighted by Crippen LogP contribution is 2.32. The largest absolute Gasteiger partial charge is 0.480 e. The summed E-state index contributed by atoms with van der Waals surface area (Å²) < 4.78 is 0. The molecule has 3 amide bonds. The van der Waals surface area contributed by atoms with E-state index in [0.717, 1.165) is 12.8 Å². The molecule has 0 aliphatic heterocycles.